The number of nitrogens with zero attached hydrogens (tertiary/aromatic N) is 2. The van der Waals surface area contributed by atoms with Gasteiger partial charge >= 0.3 is 0 Å². The number of carbonyl (C=O) groups excluding carboxylic acids is 1. The molecule has 0 N–H and O–H groups in total. The fraction of sp³-hybridized carbons (Fsp3) is 0.321. The summed E-state index contributed by atoms with van der Waals surface area (Å²) in [5, 5.41) is 0. The van der Waals surface area contributed by atoms with E-state index in [0.717, 1.165) is 52.1 Å². The van der Waals surface area contributed by atoms with E-state index in [2.05, 4.69) is 82.6 Å². The van der Waals surface area contributed by atoms with Gasteiger partial charge in [-0.25, -0.2) is 0 Å². The fourth-order valence-corrected chi connectivity index (χ4v) is 4.60. The lowest BCUT2D eigenvalue weighted by atomic mass is 9.74. The molecule has 0 amide bonds. The smallest absolute Gasteiger partial charge is 0.130 e. The van der Waals surface area contributed by atoms with Gasteiger partial charge < -0.3 is 9.69 Å². The van der Waals surface area contributed by atoms with Crippen molar-refractivity contribution in [2.75, 3.05) is 26.2 Å². The van der Waals surface area contributed by atoms with Gasteiger partial charge in [0, 0.05) is 26.2 Å². The Bertz CT molecular complexity index is 878. The highest BCUT2D eigenvalue weighted by Gasteiger charge is 2.35. The standard InChI is InChI=1S/C28H32N2O/c31-24-28(27-14-8-3-9-15-27)16-18-29(19-17-28)20-21-30(22-25-10-4-1-5-11-25)23-26-12-6-2-7-13-26/h1-15,24H,16-23H2. The van der Waals surface area contributed by atoms with E-state index in [-0.39, 0.29) is 5.41 Å². The summed E-state index contributed by atoms with van der Waals surface area (Å²) in [6.45, 7) is 5.89. The van der Waals surface area contributed by atoms with Crippen LogP contribution in [0.5, 0.6) is 0 Å². The topological polar surface area (TPSA) is 23.6 Å². The molecule has 160 valence electrons. The molecule has 0 saturated carbocycles. The Kier molecular flexibility index (Phi) is 7.29. The highest BCUT2D eigenvalue weighted by atomic mass is 16.1. The highest BCUT2D eigenvalue weighted by Crippen LogP contribution is 2.33. The quantitative estimate of drug-likeness (QED) is 0.466. The molecule has 1 fully saturated rings. The average Bonchev–Trinajstić information content (AvgIpc) is 2.85. The van der Waals surface area contributed by atoms with E-state index in [1.54, 1.807) is 0 Å². The van der Waals surface area contributed by atoms with Crippen LogP contribution in [0.3, 0.4) is 0 Å². The first-order valence-corrected chi connectivity index (χ1v) is 11.3. The summed E-state index contributed by atoms with van der Waals surface area (Å²) < 4.78 is 0. The Labute approximate surface area is 186 Å². The van der Waals surface area contributed by atoms with Crippen LogP contribution in [-0.4, -0.2) is 42.3 Å². The predicted molar refractivity (Wildman–Crippen MR) is 127 cm³/mol. The zero-order valence-corrected chi connectivity index (χ0v) is 18.2. The second-order valence-corrected chi connectivity index (χ2v) is 8.66. The molecule has 31 heavy (non-hydrogen) atoms. The van der Waals surface area contributed by atoms with Crippen molar-refractivity contribution in [3.05, 3.63) is 108 Å². The summed E-state index contributed by atoms with van der Waals surface area (Å²) in [7, 11) is 0. The molecular formula is C28H32N2O. The Hall–Kier alpha value is -2.75. The Morgan fingerprint density at radius 3 is 1.71 bits per heavy atom. The molecule has 0 radical (unpaired) electrons. The molecule has 1 saturated heterocycles. The maximum Gasteiger partial charge on any atom is 0.130 e. The number of likely N-dealkylation sites (tertiary alicyclic amines) is 1. The predicted octanol–water partition coefficient (Wildman–Crippen LogP) is 4.92. The minimum absolute atomic E-state index is 0.314. The third-order valence-electron chi connectivity index (χ3n) is 6.55. The van der Waals surface area contributed by atoms with Crippen LogP contribution in [0.25, 0.3) is 0 Å². The van der Waals surface area contributed by atoms with Gasteiger partial charge in [-0.15, -0.1) is 0 Å². The third-order valence-corrected chi connectivity index (χ3v) is 6.55. The molecule has 0 atom stereocenters. The summed E-state index contributed by atoms with van der Waals surface area (Å²) in [6.07, 6.45) is 2.99. The first-order valence-electron chi connectivity index (χ1n) is 11.3. The summed E-state index contributed by atoms with van der Waals surface area (Å²) in [6, 6.07) is 31.7. The number of hydrogen-bond donors (Lipinski definition) is 0. The monoisotopic (exact) mass is 412 g/mol. The van der Waals surface area contributed by atoms with Gasteiger partial charge in [0.1, 0.15) is 6.29 Å². The number of benzene rings is 3. The van der Waals surface area contributed by atoms with Crippen LogP contribution in [0, 0.1) is 0 Å². The van der Waals surface area contributed by atoms with E-state index in [4.69, 9.17) is 0 Å². The van der Waals surface area contributed by atoms with Gasteiger partial charge in [0.15, 0.2) is 0 Å². The molecule has 0 unspecified atom stereocenters. The SMILES string of the molecule is O=CC1(c2ccccc2)CCN(CCN(Cc2ccccc2)Cc2ccccc2)CC1. The van der Waals surface area contributed by atoms with Crippen LogP contribution in [-0.2, 0) is 23.3 Å². The maximum absolute atomic E-state index is 12.0. The van der Waals surface area contributed by atoms with E-state index in [1.165, 1.54) is 23.0 Å². The lowest BCUT2D eigenvalue weighted by molar-refractivity contribution is -0.114. The third kappa shape index (κ3) is 5.69. The van der Waals surface area contributed by atoms with Crippen molar-refractivity contribution in [2.24, 2.45) is 0 Å². The lowest BCUT2D eigenvalue weighted by Gasteiger charge is -2.39. The zero-order valence-electron chi connectivity index (χ0n) is 18.2. The minimum Gasteiger partial charge on any atom is -0.302 e. The number of carbonyl (C=O) groups is 1. The second kappa shape index (κ2) is 10.5. The average molecular weight is 413 g/mol. The summed E-state index contributed by atoms with van der Waals surface area (Å²) >= 11 is 0. The number of rotatable bonds is 9. The van der Waals surface area contributed by atoms with Crippen LogP contribution in [0.15, 0.2) is 91.0 Å². The number of hydrogen-bond acceptors (Lipinski definition) is 3. The molecule has 3 heteroatoms. The lowest BCUT2D eigenvalue weighted by Crippen LogP contribution is -2.45. The summed E-state index contributed by atoms with van der Waals surface area (Å²) in [4.78, 5) is 17.1. The molecular weight excluding hydrogens is 380 g/mol. The van der Waals surface area contributed by atoms with Gasteiger partial charge in [0.25, 0.3) is 0 Å². The molecule has 0 spiro atoms. The molecule has 4 rings (SSSR count). The van der Waals surface area contributed by atoms with Crippen molar-refractivity contribution < 1.29 is 4.79 Å². The Balaban J connectivity index is 1.36. The number of piperidine rings is 1. The fourth-order valence-electron chi connectivity index (χ4n) is 4.60. The van der Waals surface area contributed by atoms with E-state index in [9.17, 15) is 4.79 Å². The van der Waals surface area contributed by atoms with Crippen molar-refractivity contribution in [3.8, 4) is 0 Å². The van der Waals surface area contributed by atoms with Crippen LogP contribution < -0.4 is 0 Å². The van der Waals surface area contributed by atoms with Crippen LogP contribution in [0.4, 0.5) is 0 Å². The first-order chi connectivity index (χ1) is 15.3. The Morgan fingerprint density at radius 1 is 0.742 bits per heavy atom. The first kappa shape index (κ1) is 21.5. The van der Waals surface area contributed by atoms with Crippen molar-refractivity contribution >= 4 is 6.29 Å². The molecule has 1 heterocycles. The molecule has 1 aliphatic rings. The van der Waals surface area contributed by atoms with Gasteiger partial charge in [-0.3, -0.25) is 4.90 Å². The molecule has 0 bridgehead atoms. The molecule has 0 aromatic heterocycles. The largest absolute Gasteiger partial charge is 0.302 e. The van der Waals surface area contributed by atoms with Gasteiger partial charge in [0.2, 0.25) is 0 Å². The highest BCUT2D eigenvalue weighted by molar-refractivity contribution is 5.69. The van der Waals surface area contributed by atoms with Crippen molar-refractivity contribution in [1.82, 2.24) is 9.80 Å². The van der Waals surface area contributed by atoms with Gasteiger partial charge in [-0.2, -0.15) is 0 Å². The molecule has 3 aromatic rings. The van der Waals surface area contributed by atoms with Crippen LogP contribution in [0.2, 0.25) is 0 Å². The molecule has 3 nitrogen and oxygen atoms in total. The molecule has 0 aliphatic carbocycles. The normalized spacial score (nSPS) is 16.3. The number of aldehydes is 1. The zero-order chi connectivity index (χ0) is 21.4. The van der Waals surface area contributed by atoms with E-state index >= 15 is 0 Å². The minimum atomic E-state index is -0.314. The van der Waals surface area contributed by atoms with Crippen molar-refractivity contribution in [1.29, 1.82) is 0 Å². The molecule has 3 aromatic carbocycles. The Morgan fingerprint density at radius 2 is 1.23 bits per heavy atom. The van der Waals surface area contributed by atoms with Gasteiger partial charge in [0.05, 0.1) is 5.41 Å². The van der Waals surface area contributed by atoms with E-state index in [0.29, 0.717) is 0 Å². The van der Waals surface area contributed by atoms with Gasteiger partial charge in [-0.1, -0.05) is 91.0 Å². The van der Waals surface area contributed by atoms with Crippen molar-refractivity contribution in [2.45, 2.75) is 31.3 Å². The maximum atomic E-state index is 12.0. The molecule has 1 aliphatic heterocycles. The summed E-state index contributed by atoms with van der Waals surface area (Å²) in [5.74, 6) is 0. The van der Waals surface area contributed by atoms with E-state index in [1.807, 2.05) is 18.2 Å². The second-order valence-electron chi connectivity index (χ2n) is 8.66. The summed E-state index contributed by atoms with van der Waals surface area (Å²) in [5.41, 5.74) is 3.55. The van der Waals surface area contributed by atoms with Crippen molar-refractivity contribution in [3.63, 3.8) is 0 Å². The van der Waals surface area contributed by atoms with Crippen LogP contribution >= 0.6 is 0 Å². The van der Waals surface area contributed by atoms with Crippen LogP contribution in [0.1, 0.15) is 29.5 Å². The van der Waals surface area contributed by atoms with Gasteiger partial charge in [-0.05, 0) is 42.6 Å². The van der Waals surface area contributed by atoms with E-state index < -0.39 is 0 Å².